The number of hydrogen-bond acceptors (Lipinski definition) is 0. The van der Waals surface area contributed by atoms with Gasteiger partial charge in [-0.3, -0.25) is 0 Å². The summed E-state index contributed by atoms with van der Waals surface area (Å²) in [7, 11) is 0. The molecule has 0 spiro atoms. The molecule has 8 aromatic rings. The van der Waals surface area contributed by atoms with Crippen molar-refractivity contribution in [1.82, 2.24) is 0 Å². The molecule has 212 valence electrons. The third-order valence-electron chi connectivity index (χ3n) is 10.1. The summed E-state index contributed by atoms with van der Waals surface area (Å²) in [6, 6.07) is 58.4. The lowest BCUT2D eigenvalue weighted by atomic mass is 9.80. The topological polar surface area (TPSA) is 0 Å². The van der Waals surface area contributed by atoms with Crippen molar-refractivity contribution in [1.29, 1.82) is 0 Å². The second-order valence-electron chi connectivity index (χ2n) is 12.8. The van der Waals surface area contributed by atoms with Crippen molar-refractivity contribution < 1.29 is 0 Å². The smallest absolute Gasteiger partial charge is 0.0158 e. The number of fused-ring (bicyclic) bond motifs is 6. The maximum Gasteiger partial charge on any atom is 0.0158 e. The Morgan fingerprint density at radius 3 is 1.60 bits per heavy atom. The molecule has 9 rings (SSSR count). The molecule has 0 unspecified atom stereocenters. The maximum atomic E-state index is 2.45. The van der Waals surface area contributed by atoms with Crippen LogP contribution in [0.25, 0.3) is 76.8 Å². The summed E-state index contributed by atoms with van der Waals surface area (Å²) in [6.45, 7) is 4.71. The van der Waals surface area contributed by atoms with Crippen molar-refractivity contribution in [3.05, 3.63) is 169 Å². The van der Waals surface area contributed by atoms with Crippen LogP contribution in [0.5, 0.6) is 0 Å². The van der Waals surface area contributed by atoms with Crippen molar-refractivity contribution in [2.24, 2.45) is 0 Å². The predicted octanol–water partition coefficient (Wildman–Crippen LogP) is 12.5. The van der Waals surface area contributed by atoms with E-state index in [2.05, 4.69) is 172 Å². The molecule has 0 aromatic heterocycles. The summed E-state index contributed by atoms with van der Waals surface area (Å²) in [5, 5.41) is 7.65. The molecule has 0 fully saturated rings. The highest BCUT2D eigenvalue weighted by molar-refractivity contribution is 6.25. The van der Waals surface area contributed by atoms with Crippen LogP contribution in [0.1, 0.15) is 25.0 Å². The standard InChI is InChI=1S/C45H32/c1-45(2)40-23-13-12-18-34(40)39-28-31(25-27-41(39)45)42-35-19-8-10-21-37(35)44(38-22-11-9-20-36(38)42)43-32-17-7-6-16-30(32)24-26-33(43)29-14-4-3-5-15-29/h3-28H,1-2H3. The molecule has 0 saturated carbocycles. The molecule has 1 aliphatic rings. The molecule has 0 bridgehead atoms. The molecular formula is C45H32. The lowest BCUT2D eigenvalue weighted by Gasteiger charge is -2.23. The molecule has 0 radical (unpaired) electrons. The van der Waals surface area contributed by atoms with E-state index in [9.17, 15) is 0 Å². The molecule has 1 aliphatic carbocycles. The molecule has 0 amide bonds. The molecule has 0 aliphatic heterocycles. The van der Waals surface area contributed by atoms with E-state index < -0.39 is 0 Å². The van der Waals surface area contributed by atoms with Gasteiger partial charge in [-0.05, 0) is 94.0 Å². The first kappa shape index (κ1) is 26.0. The van der Waals surface area contributed by atoms with Gasteiger partial charge in [0.2, 0.25) is 0 Å². The number of hydrogen-bond donors (Lipinski definition) is 0. The van der Waals surface area contributed by atoms with Crippen LogP contribution in [-0.2, 0) is 5.41 Å². The molecule has 0 nitrogen and oxygen atoms in total. The molecule has 0 saturated heterocycles. The summed E-state index contributed by atoms with van der Waals surface area (Å²) in [5.74, 6) is 0. The first-order valence-electron chi connectivity index (χ1n) is 15.9. The average molecular weight is 573 g/mol. The third kappa shape index (κ3) is 3.79. The Bertz CT molecular complexity index is 2390. The lowest BCUT2D eigenvalue weighted by Crippen LogP contribution is -2.14. The van der Waals surface area contributed by atoms with Gasteiger partial charge in [-0.15, -0.1) is 0 Å². The van der Waals surface area contributed by atoms with Crippen LogP contribution in [0.3, 0.4) is 0 Å². The van der Waals surface area contributed by atoms with Gasteiger partial charge >= 0.3 is 0 Å². The highest BCUT2D eigenvalue weighted by Crippen LogP contribution is 2.52. The predicted molar refractivity (Wildman–Crippen MR) is 193 cm³/mol. The Labute approximate surface area is 264 Å². The van der Waals surface area contributed by atoms with Gasteiger partial charge in [-0.25, -0.2) is 0 Å². The fraction of sp³-hybridized carbons (Fsp3) is 0.0667. The van der Waals surface area contributed by atoms with E-state index in [0.29, 0.717) is 0 Å². The molecule has 45 heavy (non-hydrogen) atoms. The highest BCUT2D eigenvalue weighted by Gasteiger charge is 2.35. The van der Waals surface area contributed by atoms with Gasteiger partial charge in [0.05, 0.1) is 0 Å². The Hall–Kier alpha value is -5.46. The summed E-state index contributed by atoms with van der Waals surface area (Å²) < 4.78 is 0. The second kappa shape index (κ2) is 9.78. The van der Waals surface area contributed by atoms with Crippen LogP contribution in [-0.4, -0.2) is 0 Å². The lowest BCUT2D eigenvalue weighted by molar-refractivity contribution is 0.660. The maximum absolute atomic E-state index is 2.45. The molecule has 0 N–H and O–H groups in total. The Kier molecular flexibility index (Phi) is 5.64. The van der Waals surface area contributed by atoms with Crippen LogP contribution in [0.2, 0.25) is 0 Å². The van der Waals surface area contributed by atoms with Gasteiger partial charge in [0.25, 0.3) is 0 Å². The van der Waals surface area contributed by atoms with E-state index in [0.717, 1.165) is 0 Å². The van der Waals surface area contributed by atoms with E-state index in [1.807, 2.05) is 0 Å². The van der Waals surface area contributed by atoms with Gasteiger partial charge in [-0.2, -0.15) is 0 Å². The van der Waals surface area contributed by atoms with Crippen LogP contribution in [0.15, 0.2) is 158 Å². The highest BCUT2D eigenvalue weighted by atomic mass is 14.4. The minimum Gasteiger partial charge on any atom is -0.0622 e. The Balaban J connectivity index is 1.41. The summed E-state index contributed by atoms with van der Waals surface area (Å²) in [6.07, 6.45) is 0. The van der Waals surface area contributed by atoms with Crippen molar-refractivity contribution in [2.75, 3.05) is 0 Å². The van der Waals surface area contributed by atoms with Crippen LogP contribution in [0.4, 0.5) is 0 Å². The number of rotatable bonds is 3. The molecule has 8 aromatic carbocycles. The zero-order chi connectivity index (χ0) is 30.1. The molecule has 0 atom stereocenters. The number of benzene rings is 8. The quantitative estimate of drug-likeness (QED) is 0.185. The van der Waals surface area contributed by atoms with Crippen molar-refractivity contribution in [2.45, 2.75) is 19.3 Å². The minimum atomic E-state index is -0.0132. The fourth-order valence-corrected chi connectivity index (χ4v) is 7.98. The van der Waals surface area contributed by atoms with Gasteiger partial charge in [0, 0.05) is 5.41 Å². The zero-order valence-corrected chi connectivity index (χ0v) is 25.5. The third-order valence-corrected chi connectivity index (χ3v) is 10.1. The molecule has 0 heterocycles. The summed E-state index contributed by atoms with van der Waals surface area (Å²) in [4.78, 5) is 0. The molecular weight excluding hydrogens is 540 g/mol. The van der Waals surface area contributed by atoms with E-state index in [-0.39, 0.29) is 5.41 Å². The largest absolute Gasteiger partial charge is 0.0622 e. The van der Waals surface area contributed by atoms with Gasteiger partial charge in [0.15, 0.2) is 0 Å². The van der Waals surface area contributed by atoms with Gasteiger partial charge in [-0.1, -0.05) is 166 Å². The van der Waals surface area contributed by atoms with E-state index in [1.165, 1.54) is 88.0 Å². The van der Waals surface area contributed by atoms with E-state index in [4.69, 9.17) is 0 Å². The van der Waals surface area contributed by atoms with E-state index >= 15 is 0 Å². The Morgan fingerprint density at radius 1 is 0.333 bits per heavy atom. The average Bonchev–Trinajstić information content (AvgIpc) is 3.33. The fourth-order valence-electron chi connectivity index (χ4n) is 7.98. The van der Waals surface area contributed by atoms with Gasteiger partial charge in [0.1, 0.15) is 0 Å². The van der Waals surface area contributed by atoms with Crippen molar-refractivity contribution in [3.8, 4) is 44.5 Å². The second-order valence-corrected chi connectivity index (χ2v) is 12.8. The summed E-state index contributed by atoms with van der Waals surface area (Å²) in [5.41, 5.74) is 13.2. The van der Waals surface area contributed by atoms with Crippen molar-refractivity contribution >= 4 is 32.3 Å². The SMILES string of the molecule is CC1(C)c2ccccc2-c2cc(-c3c4ccccc4c(-c4c(-c5ccccc5)ccc5ccccc45)c4ccccc34)ccc21. The first-order valence-corrected chi connectivity index (χ1v) is 15.9. The monoisotopic (exact) mass is 572 g/mol. The van der Waals surface area contributed by atoms with Crippen molar-refractivity contribution in [3.63, 3.8) is 0 Å². The molecule has 0 heteroatoms. The van der Waals surface area contributed by atoms with E-state index in [1.54, 1.807) is 0 Å². The minimum absolute atomic E-state index is 0.0132. The normalized spacial score (nSPS) is 13.3. The first-order chi connectivity index (χ1) is 22.1. The van der Waals surface area contributed by atoms with Gasteiger partial charge < -0.3 is 0 Å². The Morgan fingerprint density at radius 2 is 0.889 bits per heavy atom. The zero-order valence-electron chi connectivity index (χ0n) is 25.5. The van der Waals surface area contributed by atoms with Crippen LogP contribution < -0.4 is 0 Å². The van der Waals surface area contributed by atoms with Crippen LogP contribution >= 0.6 is 0 Å². The van der Waals surface area contributed by atoms with Crippen LogP contribution in [0, 0.1) is 0 Å². The summed E-state index contributed by atoms with van der Waals surface area (Å²) >= 11 is 0.